The molecular formula is C28H23NO5. The average Bonchev–Trinajstić information content (AvgIpc) is 3.39. The number of nitrogens with zero attached hydrogens (tertiary/aromatic N) is 1. The highest BCUT2D eigenvalue weighted by atomic mass is 16.5. The molecule has 0 saturated carbocycles. The van der Waals surface area contributed by atoms with Crippen LogP contribution in [0.5, 0.6) is 5.75 Å². The van der Waals surface area contributed by atoms with Gasteiger partial charge in [0.15, 0.2) is 11.5 Å². The molecule has 1 N–H and O–H groups in total. The maximum absolute atomic E-state index is 13.6. The maximum atomic E-state index is 13.6. The van der Waals surface area contributed by atoms with E-state index in [-0.39, 0.29) is 17.9 Å². The summed E-state index contributed by atoms with van der Waals surface area (Å²) in [5.74, 6) is -0.869. The van der Waals surface area contributed by atoms with Gasteiger partial charge in [-0.2, -0.15) is 0 Å². The van der Waals surface area contributed by atoms with Gasteiger partial charge in [-0.15, -0.1) is 0 Å². The van der Waals surface area contributed by atoms with Crippen LogP contribution in [0.25, 0.3) is 11.0 Å². The first kappa shape index (κ1) is 21.5. The van der Waals surface area contributed by atoms with Gasteiger partial charge in [-0.05, 0) is 42.3 Å². The van der Waals surface area contributed by atoms with Gasteiger partial charge in [-0.25, -0.2) is 0 Å². The number of ketones is 1. The molecule has 4 aromatic rings. The lowest BCUT2D eigenvalue weighted by molar-refractivity contribution is -0.130. The number of rotatable bonds is 6. The van der Waals surface area contributed by atoms with Crippen molar-refractivity contribution in [3.05, 3.63) is 113 Å². The molecule has 0 aliphatic carbocycles. The lowest BCUT2D eigenvalue weighted by Gasteiger charge is -2.27. The fraction of sp³-hybridized carbons (Fsp3) is 0.143. The molecule has 6 heteroatoms. The Balaban J connectivity index is 1.58. The lowest BCUT2D eigenvalue weighted by atomic mass is 9.94. The molecule has 5 rings (SSSR count). The van der Waals surface area contributed by atoms with Crippen molar-refractivity contribution in [1.82, 2.24) is 4.90 Å². The van der Waals surface area contributed by atoms with Gasteiger partial charge in [0.1, 0.15) is 11.3 Å². The number of carbonyl (C=O) groups excluding carboxylic acids is 2. The number of methoxy groups -OCH3 is 1. The molecule has 1 amide bonds. The summed E-state index contributed by atoms with van der Waals surface area (Å²) in [6.07, 6.45) is 0. The van der Waals surface area contributed by atoms with Gasteiger partial charge in [0, 0.05) is 11.9 Å². The van der Waals surface area contributed by atoms with Crippen LogP contribution in [0, 0.1) is 6.92 Å². The number of benzene rings is 3. The van der Waals surface area contributed by atoms with Crippen molar-refractivity contribution in [3.8, 4) is 5.75 Å². The number of hydrogen-bond donors (Lipinski definition) is 1. The van der Waals surface area contributed by atoms with E-state index in [1.807, 2.05) is 73.7 Å². The van der Waals surface area contributed by atoms with Gasteiger partial charge in [0.05, 0.1) is 18.7 Å². The first-order valence-electron chi connectivity index (χ1n) is 10.9. The first-order chi connectivity index (χ1) is 16.5. The minimum Gasteiger partial charge on any atom is -0.503 e. The predicted molar refractivity (Wildman–Crippen MR) is 128 cm³/mol. The quantitative estimate of drug-likeness (QED) is 0.389. The Labute approximate surface area is 196 Å². The van der Waals surface area contributed by atoms with E-state index in [0.29, 0.717) is 11.3 Å². The first-order valence-corrected chi connectivity index (χ1v) is 10.9. The largest absolute Gasteiger partial charge is 0.503 e. The summed E-state index contributed by atoms with van der Waals surface area (Å²) in [5.41, 5.74) is 3.15. The van der Waals surface area contributed by atoms with Gasteiger partial charge in [0.25, 0.3) is 5.91 Å². The molecule has 0 spiro atoms. The minimum atomic E-state index is -0.754. The van der Waals surface area contributed by atoms with E-state index in [2.05, 4.69) is 0 Å². The van der Waals surface area contributed by atoms with Crippen molar-refractivity contribution in [2.45, 2.75) is 19.5 Å². The van der Waals surface area contributed by atoms with Crippen LogP contribution in [0.3, 0.4) is 0 Å². The third-order valence-electron chi connectivity index (χ3n) is 6.07. The highest BCUT2D eigenvalue weighted by Gasteiger charge is 2.44. The molecule has 34 heavy (non-hydrogen) atoms. The highest BCUT2D eigenvalue weighted by molar-refractivity contribution is 6.16. The highest BCUT2D eigenvalue weighted by Crippen LogP contribution is 2.40. The van der Waals surface area contributed by atoms with E-state index in [9.17, 15) is 14.7 Å². The van der Waals surface area contributed by atoms with E-state index in [1.165, 1.54) is 4.90 Å². The van der Waals surface area contributed by atoms with Crippen LogP contribution in [-0.2, 0) is 11.3 Å². The molecule has 0 radical (unpaired) electrons. The number of furan rings is 1. The molecule has 6 nitrogen and oxygen atoms in total. The summed E-state index contributed by atoms with van der Waals surface area (Å²) < 4.78 is 11.0. The van der Waals surface area contributed by atoms with E-state index in [1.54, 1.807) is 19.2 Å². The predicted octanol–water partition coefficient (Wildman–Crippen LogP) is 5.53. The smallest absolute Gasteiger partial charge is 0.290 e. The number of aliphatic hydroxyl groups is 1. The van der Waals surface area contributed by atoms with Crippen LogP contribution in [0.4, 0.5) is 0 Å². The number of amides is 1. The Hall–Kier alpha value is -4.32. The summed E-state index contributed by atoms with van der Waals surface area (Å²) in [6, 6.07) is 23.1. The van der Waals surface area contributed by atoms with Gasteiger partial charge in [-0.1, -0.05) is 60.2 Å². The number of ether oxygens (including phenoxy) is 1. The van der Waals surface area contributed by atoms with E-state index >= 15 is 0 Å². The lowest BCUT2D eigenvalue weighted by Crippen LogP contribution is -2.30. The van der Waals surface area contributed by atoms with E-state index < -0.39 is 23.5 Å². The number of aryl methyl sites for hydroxylation is 1. The molecule has 2 heterocycles. The number of carbonyl (C=O) groups is 2. The zero-order valence-electron chi connectivity index (χ0n) is 18.8. The summed E-state index contributed by atoms with van der Waals surface area (Å²) in [5, 5.41) is 11.7. The Morgan fingerprint density at radius 1 is 1.03 bits per heavy atom. The monoisotopic (exact) mass is 453 g/mol. The number of aliphatic hydroxyl groups excluding tert-OH is 1. The summed E-state index contributed by atoms with van der Waals surface area (Å²) in [7, 11) is 1.59. The molecular weight excluding hydrogens is 430 g/mol. The summed E-state index contributed by atoms with van der Waals surface area (Å²) in [4.78, 5) is 28.4. The second-order valence-electron chi connectivity index (χ2n) is 8.34. The van der Waals surface area contributed by atoms with Crippen molar-refractivity contribution >= 4 is 22.7 Å². The molecule has 1 atom stereocenters. The third-order valence-corrected chi connectivity index (χ3v) is 6.07. The van der Waals surface area contributed by atoms with Gasteiger partial charge in [0.2, 0.25) is 5.78 Å². The fourth-order valence-corrected chi connectivity index (χ4v) is 4.39. The Morgan fingerprint density at radius 3 is 2.50 bits per heavy atom. The van der Waals surface area contributed by atoms with Crippen LogP contribution in [-0.4, -0.2) is 28.8 Å². The standard InChI is InChI=1S/C28H23NO5/c1-17-6-5-8-20(14-17)25-24(26(30)23-15-19-7-3-4-9-22(19)34-23)27(31)28(32)29(25)16-18-10-12-21(33-2)13-11-18/h3-15,25,31H,16H2,1-2H3. The molecule has 1 aliphatic heterocycles. The second kappa shape index (κ2) is 8.56. The average molecular weight is 453 g/mol. The molecule has 0 saturated heterocycles. The Morgan fingerprint density at radius 2 is 1.79 bits per heavy atom. The fourth-order valence-electron chi connectivity index (χ4n) is 4.39. The normalized spacial score (nSPS) is 15.9. The zero-order valence-corrected chi connectivity index (χ0v) is 18.8. The molecule has 1 aliphatic rings. The van der Waals surface area contributed by atoms with Gasteiger partial charge >= 0.3 is 0 Å². The molecule has 0 fully saturated rings. The Kier molecular flexibility index (Phi) is 5.42. The SMILES string of the molecule is COc1ccc(CN2C(=O)C(O)=C(C(=O)c3cc4ccccc4o3)C2c2cccc(C)c2)cc1. The molecule has 1 unspecified atom stereocenters. The van der Waals surface area contributed by atoms with Crippen LogP contribution in [0.2, 0.25) is 0 Å². The van der Waals surface area contributed by atoms with Crippen molar-refractivity contribution in [3.63, 3.8) is 0 Å². The topological polar surface area (TPSA) is 80.0 Å². The van der Waals surface area contributed by atoms with Crippen LogP contribution in [0.1, 0.15) is 33.3 Å². The third kappa shape index (κ3) is 3.73. The molecule has 3 aromatic carbocycles. The molecule has 1 aromatic heterocycles. The van der Waals surface area contributed by atoms with Crippen molar-refractivity contribution in [2.75, 3.05) is 7.11 Å². The van der Waals surface area contributed by atoms with Crippen LogP contribution < -0.4 is 4.74 Å². The van der Waals surface area contributed by atoms with Crippen molar-refractivity contribution < 1.29 is 23.8 Å². The number of fused-ring (bicyclic) bond motifs is 1. The summed E-state index contributed by atoms with van der Waals surface area (Å²) >= 11 is 0. The van der Waals surface area contributed by atoms with Gasteiger partial charge in [-0.3, -0.25) is 9.59 Å². The van der Waals surface area contributed by atoms with Crippen molar-refractivity contribution in [2.24, 2.45) is 0 Å². The van der Waals surface area contributed by atoms with Crippen LogP contribution in [0.15, 0.2) is 94.6 Å². The summed E-state index contributed by atoms with van der Waals surface area (Å²) in [6.45, 7) is 2.15. The Bertz CT molecular complexity index is 1400. The van der Waals surface area contributed by atoms with Crippen LogP contribution >= 0.6 is 0 Å². The second-order valence-corrected chi connectivity index (χ2v) is 8.34. The zero-order chi connectivity index (χ0) is 23.8. The molecule has 170 valence electrons. The van der Waals surface area contributed by atoms with Crippen molar-refractivity contribution in [1.29, 1.82) is 0 Å². The van der Waals surface area contributed by atoms with E-state index in [0.717, 1.165) is 22.1 Å². The van der Waals surface area contributed by atoms with E-state index in [4.69, 9.17) is 9.15 Å². The number of hydrogen-bond acceptors (Lipinski definition) is 5. The number of Topliss-reactive ketones (excluding diaryl/α,β-unsaturated/α-hetero) is 1. The number of para-hydroxylation sites is 1. The molecule has 0 bridgehead atoms. The maximum Gasteiger partial charge on any atom is 0.290 e. The minimum absolute atomic E-state index is 0.0168. The van der Waals surface area contributed by atoms with Gasteiger partial charge < -0.3 is 19.2 Å².